The van der Waals surface area contributed by atoms with Crippen molar-refractivity contribution in [1.29, 1.82) is 0 Å². The fourth-order valence-electron chi connectivity index (χ4n) is 2.79. The zero-order valence-corrected chi connectivity index (χ0v) is 11.0. The minimum Gasteiger partial charge on any atom is -0.271 e. The van der Waals surface area contributed by atoms with Gasteiger partial charge in [0.2, 0.25) is 0 Å². The molecule has 1 saturated carbocycles. The van der Waals surface area contributed by atoms with E-state index >= 15 is 0 Å². The molecule has 5 nitrogen and oxygen atoms in total. The van der Waals surface area contributed by atoms with Crippen LogP contribution in [0.5, 0.6) is 0 Å². The molecule has 0 spiro atoms. The lowest BCUT2D eigenvalue weighted by molar-refractivity contribution is 0.460. The van der Waals surface area contributed by atoms with Gasteiger partial charge in [-0.25, -0.2) is 0 Å². The molecule has 1 aromatic heterocycles. The summed E-state index contributed by atoms with van der Waals surface area (Å²) in [4.78, 5) is 0. The number of benzene rings is 1. The summed E-state index contributed by atoms with van der Waals surface area (Å²) in [7, 11) is 1.88. The highest BCUT2D eigenvalue weighted by atomic mass is 15.4. The van der Waals surface area contributed by atoms with Crippen molar-refractivity contribution in [2.75, 3.05) is 0 Å². The Kier molecular flexibility index (Phi) is 3.31. The molecule has 5 heteroatoms. The number of nitrogens with two attached hydrogens (primary N) is 1. The Hall–Kier alpha value is -1.72. The Labute approximate surface area is 112 Å². The second-order valence-electron chi connectivity index (χ2n) is 5.28. The molecule has 100 valence electrons. The van der Waals surface area contributed by atoms with Crippen LogP contribution >= 0.6 is 0 Å². The van der Waals surface area contributed by atoms with Crippen LogP contribution < -0.4 is 11.3 Å². The number of hydrazine groups is 1. The smallest absolute Gasteiger partial charge is 0.0843 e. The normalized spacial score (nSPS) is 23.3. The quantitative estimate of drug-likeness (QED) is 0.619. The van der Waals surface area contributed by atoms with Crippen molar-refractivity contribution in [3.05, 3.63) is 47.8 Å². The van der Waals surface area contributed by atoms with Gasteiger partial charge in [0.1, 0.15) is 0 Å². The van der Waals surface area contributed by atoms with E-state index < -0.39 is 0 Å². The van der Waals surface area contributed by atoms with Crippen LogP contribution in [-0.2, 0) is 13.5 Å². The molecule has 3 unspecified atom stereocenters. The van der Waals surface area contributed by atoms with Crippen molar-refractivity contribution in [2.24, 2.45) is 18.8 Å². The van der Waals surface area contributed by atoms with Crippen LogP contribution in [0.3, 0.4) is 0 Å². The number of hydrogen-bond donors (Lipinski definition) is 2. The monoisotopic (exact) mass is 257 g/mol. The standard InChI is InChI=1S/C14H19N5/c1-19-9-11(17-18-19)7-14(16-15)13-8-12(13)10-5-3-2-4-6-10/h2-6,9,12-14,16H,7-8,15H2,1H3. The van der Waals surface area contributed by atoms with Gasteiger partial charge in [-0.2, -0.15) is 0 Å². The maximum absolute atomic E-state index is 5.70. The molecular weight excluding hydrogens is 238 g/mol. The molecule has 0 bridgehead atoms. The summed E-state index contributed by atoms with van der Waals surface area (Å²) in [5.41, 5.74) is 5.34. The Bertz CT molecular complexity index is 536. The molecule has 3 rings (SSSR count). The highest BCUT2D eigenvalue weighted by Crippen LogP contribution is 2.49. The Morgan fingerprint density at radius 3 is 2.84 bits per heavy atom. The van der Waals surface area contributed by atoms with Gasteiger partial charge < -0.3 is 0 Å². The molecule has 0 radical (unpaired) electrons. The summed E-state index contributed by atoms with van der Waals surface area (Å²) in [6.45, 7) is 0. The van der Waals surface area contributed by atoms with E-state index in [4.69, 9.17) is 5.84 Å². The Balaban J connectivity index is 1.65. The molecule has 0 amide bonds. The van der Waals surface area contributed by atoms with Crippen LogP contribution in [0.4, 0.5) is 0 Å². The van der Waals surface area contributed by atoms with E-state index in [2.05, 4.69) is 46.1 Å². The van der Waals surface area contributed by atoms with E-state index in [1.165, 1.54) is 12.0 Å². The van der Waals surface area contributed by atoms with Crippen LogP contribution in [-0.4, -0.2) is 21.0 Å². The molecule has 0 aliphatic heterocycles. The van der Waals surface area contributed by atoms with Gasteiger partial charge in [-0.1, -0.05) is 35.5 Å². The lowest BCUT2D eigenvalue weighted by atomic mass is 10.0. The van der Waals surface area contributed by atoms with Gasteiger partial charge in [-0.3, -0.25) is 16.0 Å². The first-order chi connectivity index (χ1) is 9.28. The summed E-state index contributed by atoms with van der Waals surface area (Å²) in [6, 6.07) is 10.9. The number of hydrogen-bond acceptors (Lipinski definition) is 4. The molecule has 2 aromatic rings. The number of aromatic nitrogens is 3. The van der Waals surface area contributed by atoms with E-state index in [1.807, 2.05) is 13.2 Å². The first-order valence-corrected chi connectivity index (χ1v) is 6.64. The van der Waals surface area contributed by atoms with Crippen LogP contribution in [0.1, 0.15) is 23.6 Å². The fraction of sp³-hybridized carbons (Fsp3) is 0.429. The summed E-state index contributed by atoms with van der Waals surface area (Å²) >= 11 is 0. The van der Waals surface area contributed by atoms with Crippen molar-refractivity contribution >= 4 is 0 Å². The van der Waals surface area contributed by atoms with E-state index in [0.717, 1.165) is 12.1 Å². The first kappa shape index (κ1) is 12.3. The highest BCUT2D eigenvalue weighted by molar-refractivity contribution is 5.27. The van der Waals surface area contributed by atoms with Gasteiger partial charge in [0, 0.05) is 25.7 Å². The first-order valence-electron chi connectivity index (χ1n) is 6.64. The molecule has 1 heterocycles. The lowest BCUT2D eigenvalue weighted by Crippen LogP contribution is -2.39. The molecular formula is C14H19N5. The average molecular weight is 257 g/mol. The zero-order chi connectivity index (χ0) is 13.2. The molecule has 19 heavy (non-hydrogen) atoms. The highest BCUT2D eigenvalue weighted by Gasteiger charge is 2.43. The third-order valence-electron chi connectivity index (χ3n) is 3.88. The van der Waals surface area contributed by atoms with E-state index in [0.29, 0.717) is 11.8 Å². The SMILES string of the molecule is Cn1cc(CC(NN)C2CC2c2ccccc2)nn1. The number of nitrogens with one attached hydrogen (secondary N) is 1. The van der Waals surface area contributed by atoms with E-state index in [1.54, 1.807) is 4.68 Å². The van der Waals surface area contributed by atoms with Gasteiger partial charge in [0.15, 0.2) is 0 Å². The second kappa shape index (κ2) is 5.11. The Morgan fingerprint density at radius 1 is 1.42 bits per heavy atom. The van der Waals surface area contributed by atoms with Crippen molar-refractivity contribution in [3.63, 3.8) is 0 Å². The molecule has 3 N–H and O–H groups in total. The minimum absolute atomic E-state index is 0.266. The van der Waals surface area contributed by atoms with Crippen LogP contribution in [0.15, 0.2) is 36.5 Å². The van der Waals surface area contributed by atoms with Crippen molar-refractivity contribution in [1.82, 2.24) is 20.4 Å². The molecule has 1 aliphatic rings. The van der Waals surface area contributed by atoms with Crippen LogP contribution in [0.2, 0.25) is 0 Å². The number of aryl methyl sites for hydroxylation is 1. The van der Waals surface area contributed by atoms with Crippen molar-refractivity contribution in [3.8, 4) is 0 Å². The summed E-state index contributed by atoms with van der Waals surface area (Å²) in [6.07, 6.45) is 3.97. The topological polar surface area (TPSA) is 68.8 Å². The van der Waals surface area contributed by atoms with Gasteiger partial charge in [0.05, 0.1) is 5.69 Å². The van der Waals surface area contributed by atoms with Gasteiger partial charge >= 0.3 is 0 Å². The summed E-state index contributed by atoms with van der Waals surface area (Å²) in [5.74, 6) is 6.92. The summed E-state index contributed by atoms with van der Waals surface area (Å²) < 4.78 is 1.73. The van der Waals surface area contributed by atoms with Gasteiger partial charge in [-0.15, -0.1) is 5.10 Å². The minimum atomic E-state index is 0.266. The van der Waals surface area contributed by atoms with Crippen LogP contribution in [0, 0.1) is 5.92 Å². The molecule has 1 fully saturated rings. The largest absolute Gasteiger partial charge is 0.271 e. The molecule has 0 saturated heterocycles. The fourth-order valence-corrected chi connectivity index (χ4v) is 2.79. The number of rotatable bonds is 5. The van der Waals surface area contributed by atoms with E-state index in [-0.39, 0.29) is 6.04 Å². The number of nitrogens with zero attached hydrogens (tertiary/aromatic N) is 3. The van der Waals surface area contributed by atoms with Gasteiger partial charge in [0.25, 0.3) is 0 Å². The maximum atomic E-state index is 5.70. The maximum Gasteiger partial charge on any atom is 0.0843 e. The average Bonchev–Trinajstić information content (AvgIpc) is 3.13. The predicted molar refractivity (Wildman–Crippen MR) is 73.1 cm³/mol. The molecule has 1 aromatic carbocycles. The third kappa shape index (κ3) is 2.67. The Morgan fingerprint density at radius 2 is 2.21 bits per heavy atom. The van der Waals surface area contributed by atoms with Crippen molar-refractivity contribution < 1.29 is 0 Å². The van der Waals surface area contributed by atoms with Crippen LogP contribution in [0.25, 0.3) is 0 Å². The molecule has 1 aliphatic carbocycles. The van der Waals surface area contributed by atoms with Gasteiger partial charge in [-0.05, 0) is 23.8 Å². The third-order valence-corrected chi connectivity index (χ3v) is 3.88. The van der Waals surface area contributed by atoms with Crippen molar-refractivity contribution in [2.45, 2.75) is 24.8 Å². The predicted octanol–water partition coefficient (Wildman–Crippen LogP) is 0.993. The second-order valence-corrected chi connectivity index (χ2v) is 5.28. The summed E-state index contributed by atoms with van der Waals surface area (Å²) in [5, 5.41) is 8.09. The zero-order valence-electron chi connectivity index (χ0n) is 11.0. The lowest BCUT2D eigenvalue weighted by Gasteiger charge is -2.14. The molecule has 3 atom stereocenters. The van der Waals surface area contributed by atoms with E-state index in [9.17, 15) is 0 Å².